The van der Waals surface area contributed by atoms with E-state index in [1.807, 2.05) is 6.92 Å². The van der Waals surface area contributed by atoms with Crippen molar-refractivity contribution in [3.8, 4) is 0 Å². The molecule has 1 fully saturated rings. The average Bonchev–Trinajstić information content (AvgIpc) is 2.77. The van der Waals surface area contributed by atoms with Crippen molar-refractivity contribution in [2.75, 3.05) is 18.0 Å². The molecule has 1 aliphatic rings. The van der Waals surface area contributed by atoms with Gasteiger partial charge in [-0.15, -0.1) is 11.6 Å². The third kappa shape index (κ3) is 2.32. The lowest BCUT2D eigenvalue weighted by Gasteiger charge is -2.18. The van der Waals surface area contributed by atoms with Crippen LogP contribution in [0.5, 0.6) is 0 Å². The summed E-state index contributed by atoms with van der Waals surface area (Å²) in [6, 6.07) is 4.20. The van der Waals surface area contributed by atoms with Gasteiger partial charge in [-0.2, -0.15) is 0 Å². The van der Waals surface area contributed by atoms with Gasteiger partial charge in [-0.3, -0.25) is 0 Å². The highest BCUT2D eigenvalue weighted by atomic mass is 35.5. The zero-order chi connectivity index (χ0) is 11.5. The second-order valence-corrected chi connectivity index (χ2v) is 4.82. The molecule has 0 N–H and O–H groups in total. The lowest BCUT2D eigenvalue weighted by molar-refractivity contribution is 0.568. The van der Waals surface area contributed by atoms with E-state index in [0.717, 1.165) is 36.1 Å². The second kappa shape index (κ2) is 5.05. The Morgan fingerprint density at radius 1 is 1.50 bits per heavy atom. The van der Waals surface area contributed by atoms with Gasteiger partial charge >= 0.3 is 0 Å². The van der Waals surface area contributed by atoms with Crippen molar-refractivity contribution in [2.24, 2.45) is 5.92 Å². The first kappa shape index (κ1) is 11.7. The van der Waals surface area contributed by atoms with Crippen LogP contribution in [0.3, 0.4) is 0 Å². The third-order valence-corrected chi connectivity index (χ3v) is 3.80. The average molecular weight is 239 g/mol. The fourth-order valence-corrected chi connectivity index (χ4v) is 2.55. The summed E-state index contributed by atoms with van der Waals surface area (Å²) in [5.74, 6) is 2.51. The molecule has 1 saturated heterocycles. The first-order chi connectivity index (χ1) is 7.74. The molecule has 2 heterocycles. The van der Waals surface area contributed by atoms with Crippen LogP contribution in [-0.2, 0) is 5.88 Å². The largest absolute Gasteiger partial charge is 0.356 e. The highest BCUT2D eigenvalue weighted by Crippen LogP contribution is 2.25. The summed E-state index contributed by atoms with van der Waals surface area (Å²) in [7, 11) is 0. The molecule has 3 heteroatoms. The molecule has 1 unspecified atom stereocenters. The molecule has 16 heavy (non-hydrogen) atoms. The number of aryl methyl sites for hydroxylation is 1. The maximum absolute atomic E-state index is 5.84. The van der Waals surface area contributed by atoms with Crippen LogP contribution < -0.4 is 4.90 Å². The van der Waals surface area contributed by atoms with Crippen LogP contribution in [0.15, 0.2) is 12.1 Å². The van der Waals surface area contributed by atoms with E-state index in [1.54, 1.807) is 0 Å². The van der Waals surface area contributed by atoms with Crippen LogP contribution in [0, 0.1) is 12.8 Å². The number of halogens is 1. The molecule has 2 nitrogen and oxygen atoms in total. The Bertz CT molecular complexity index is 365. The van der Waals surface area contributed by atoms with Crippen LogP contribution in [0.4, 0.5) is 5.82 Å². The fourth-order valence-electron chi connectivity index (χ4n) is 2.27. The molecular weight excluding hydrogens is 220 g/mol. The maximum atomic E-state index is 5.84. The summed E-state index contributed by atoms with van der Waals surface area (Å²) >= 11 is 5.84. The molecule has 0 radical (unpaired) electrons. The number of hydrogen-bond donors (Lipinski definition) is 0. The molecule has 0 amide bonds. The SMILES string of the molecule is CCC1CCN(c2ccc(CCl)c(C)n2)C1. The standard InChI is InChI=1S/C13H19ClN2/c1-3-11-6-7-16(9-11)13-5-4-12(8-14)10(2)15-13/h4-5,11H,3,6-9H2,1-2H3. The molecular formula is C13H19ClN2. The predicted octanol–water partition coefficient (Wildman–Crippen LogP) is 3.37. The van der Waals surface area contributed by atoms with Gasteiger partial charge < -0.3 is 4.90 Å². The number of hydrogen-bond acceptors (Lipinski definition) is 2. The highest BCUT2D eigenvalue weighted by Gasteiger charge is 2.22. The number of nitrogens with zero attached hydrogens (tertiary/aromatic N) is 2. The Morgan fingerprint density at radius 2 is 2.31 bits per heavy atom. The lowest BCUT2D eigenvalue weighted by atomic mass is 10.1. The number of aromatic nitrogens is 1. The van der Waals surface area contributed by atoms with Gasteiger partial charge in [0, 0.05) is 24.7 Å². The van der Waals surface area contributed by atoms with E-state index in [-0.39, 0.29) is 0 Å². The smallest absolute Gasteiger partial charge is 0.128 e. The van der Waals surface area contributed by atoms with Gasteiger partial charge in [0.1, 0.15) is 5.82 Å². The van der Waals surface area contributed by atoms with E-state index in [0.29, 0.717) is 5.88 Å². The molecule has 1 aromatic rings. The number of alkyl halides is 1. The summed E-state index contributed by atoms with van der Waals surface area (Å²) in [6.07, 6.45) is 2.57. The van der Waals surface area contributed by atoms with Crippen molar-refractivity contribution in [2.45, 2.75) is 32.6 Å². The van der Waals surface area contributed by atoms with Crippen molar-refractivity contribution in [1.82, 2.24) is 4.98 Å². The minimum absolute atomic E-state index is 0.552. The van der Waals surface area contributed by atoms with E-state index in [1.165, 1.54) is 12.8 Å². The zero-order valence-electron chi connectivity index (χ0n) is 10.0. The Balaban J connectivity index is 2.13. The summed E-state index contributed by atoms with van der Waals surface area (Å²) in [5.41, 5.74) is 2.20. The number of pyridine rings is 1. The second-order valence-electron chi connectivity index (χ2n) is 4.56. The molecule has 0 spiro atoms. The van der Waals surface area contributed by atoms with Crippen LogP contribution in [0.2, 0.25) is 0 Å². The Labute approximate surface area is 103 Å². The summed E-state index contributed by atoms with van der Waals surface area (Å²) in [5, 5.41) is 0. The van der Waals surface area contributed by atoms with Crippen LogP contribution in [0.1, 0.15) is 31.0 Å². The van der Waals surface area contributed by atoms with Gasteiger partial charge in [-0.25, -0.2) is 4.98 Å². The predicted molar refractivity (Wildman–Crippen MR) is 69.1 cm³/mol. The molecule has 0 aromatic carbocycles. The molecule has 1 aliphatic heterocycles. The van der Waals surface area contributed by atoms with Gasteiger partial charge in [0.2, 0.25) is 0 Å². The highest BCUT2D eigenvalue weighted by molar-refractivity contribution is 6.17. The van der Waals surface area contributed by atoms with E-state index >= 15 is 0 Å². The van der Waals surface area contributed by atoms with Gasteiger partial charge in [-0.1, -0.05) is 19.4 Å². The molecule has 0 bridgehead atoms. The van der Waals surface area contributed by atoms with E-state index < -0.39 is 0 Å². The van der Waals surface area contributed by atoms with Crippen molar-refractivity contribution < 1.29 is 0 Å². The molecule has 2 rings (SSSR count). The van der Waals surface area contributed by atoms with Gasteiger partial charge in [0.15, 0.2) is 0 Å². The molecule has 0 saturated carbocycles. The monoisotopic (exact) mass is 238 g/mol. The molecule has 1 atom stereocenters. The quantitative estimate of drug-likeness (QED) is 0.751. The lowest BCUT2D eigenvalue weighted by Crippen LogP contribution is -2.21. The minimum atomic E-state index is 0.552. The van der Waals surface area contributed by atoms with E-state index in [4.69, 9.17) is 11.6 Å². The summed E-state index contributed by atoms with van der Waals surface area (Å²) < 4.78 is 0. The van der Waals surface area contributed by atoms with Gasteiger partial charge in [-0.05, 0) is 30.9 Å². The Hall–Kier alpha value is -0.760. The number of anilines is 1. The first-order valence-corrected chi connectivity index (χ1v) is 6.55. The van der Waals surface area contributed by atoms with E-state index in [2.05, 4.69) is 28.9 Å². The molecule has 88 valence electrons. The van der Waals surface area contributed by atoms with Crippen molar-refractivity contribution in [3.05, 3.63) is 23.4 Å². The topological polar surface area (TPSA) is 16.1 Å². The summed E-state index contributed by atoms with van der Waals surface area (Å²) in [6.45, 7) is 6.60. The van der Waals surface area contributed by atoms with Crippen LogP contribution >= 0.6 is 11.6 Å². The third-order valence-electron chi connectivity index (χ3n) is 3.51. The van der Waals surface area contributed by atoms with Crippen LogP contribution in [0.25, 0.3) is 0 Å². The maximum Gasteiger partial charge on any atom is 0.128 e. The van der Waals surface area contributed by atoms with Crippen molar-refractivity contribution >= 4 is 17.4 Å². The van der Waals surface area contributed by atoms with Crippen LogP contribution in [-0.4, -0.2) is 18.1 Å². The van der Waals surface area contributed by atoms with Gasteiger partial charge in [0.05, 0.1) is 0 Å². The molecule has 0 aliphatic carbocycles. The first-order valence-electron chi connectivity index (χ1n) is 6.02. The van der Waals surface area contributed by atoms with Gasteiger partial charge in [0.25, 0.3) is 0 Å². The summed E-state index contributed by atoms with van der Waals surface area (Å²) in [4.78, 5) is 7.02. The molecule has 1 aromatic heterocycles. The Kier molecular flexibility index (Phi) is 3.70. The minimum Gasteiger partial charge on any atom is -0.356 e. The Morgan fingerprint density at radius 3 is 2.88 bits per heavy atom. The van der Waals surface area contributed by atoms with Crippen molar-refractivity contribution in [1.29, 1.82) is 0 Å². The normalized spacial score (nSPS) is 20.4. The fraction of sp³-hybridized carbons (Fsp3) is 0.615. The number of rotatable bonds is 3. The van der Waals surface area contributed by atoms with Crippen molar-refractivity contribution in [3.63, 3.8) is 0 Å². The van der Waals surface area contributed by atoms with E-state index in [9.17, 15) is 0 Å². The zero-order valence-corrected chi connectivity index (χ0v) is 10.8.